The Morgan fingerprint density at radius 3 is 2.27 bits per heavy atom. The normalized spacial score (nSPS) is 11.4. The zero-order valence-electron chi connectivity index (χ0n) is 24.6. The third-order valence-corrected chi connectivity index (χ3v) is 8.34. The van der Waals surface area contributed by atoms with Crippen molar-refractivity contribution in [3.63, 3.8) is 0 Å². The lowest BCUT2D eigenvalue weighted by atomic mass is 10.0. The number of nitrogens with zero attached hydrogens (tertiary/aromatic N) is 4. The van der Waals surface area contributed by atoms with Gasteiger partial charge >= 0.3 is 5.69 Å². The van der Waals surface area contributed by atoms with Gasteiger partial charge in [-0.05, 0) is 49.0 Å². The van der Waals surface area contributed by atoms with Gasteiger partial charge in [0.25, 0.3) is 5.56 Å². The van der Waals surface area contributed by atoms with Crippen LogP contribution in [-0.4, -0.2) is 59.7 Å². The summed E-state index contributed by atoms with van der Waals surface area (Å²) in [5, 5.41) is 0.255. The van der Waals surface area contributed by atoms with Crippen molar-refractivity contribution in [1.82, 2.24) is 19.0 Å². The second-order valence-electron chi connectivity index (χ2n) is 10.4. The van der Waals surface area contributed by atoms with E-state index in [-0.39, 0.29) is 46.2 Å². The average Bonchev–Trinajstić information content (AvgIpc) is 3.36. The number of halogens is 2. The van der Waals surface area contributed by atoms with E-state index in [9.17, 15) is 23.2 Å². The van der Waals surface area contributed by atoms with Gasteiger partial charge in [0.05, 0.1) is 30.9 Å². The van der Waals surface area contributed by atoms with Gasteiger partial charge in [0.2, 0.25) is 5.88 Å². The first kappa shape index (κ1) is 30.9. The number of aromatic nitrogens is 3. The largest absolute Gasteiger partial charge is 0.481 e. The van der Waals surface area contributed by atoms with Crippen LogP contribution in [0, 0.1) is 11.6 Å². The van der Waals surface area contributed by atoms with Crippen LogP contribution in [0.1, 0.15) is 16.7 Å². The third kappa shape index (κ3) is 6.09. The smallest absolute Gasteiger partial charge is 0.337 e. The number of fused-ring (bicyclic) bond motifs is 1. The third-order valence-electron chi connectivity index (χ3n) is 7.04. The quantitative estimate of drug-likeness (QED) is 0.216. The molecule has 0 aliphatic carbocycles. The molecule has 0 spiro atoms. The summed E-state index contributed by atoms with van der Waals surface area (Å²) in [6, 6.07) is 13.9. The molecule has 0 bridgehead atoms. The molecule has 0 amide bonds. The number of pyridine rings is 1. The summed E-state index contributed by atoms with van der Waals surface area (Å²) in [5.74, 6) is -1.39. The Hall–Kier alpha value is -4.52. The van der Waals surface area contributed by atoms with Crippen molar-refractivity contribution in [3.8, 4) is 22.0 Å². The summed E-state index contributed by atoms with van der Waals surface area (Å²) < 4.78 is 42.0. The lowest BCUT2D eigenvalue weighted by molar-refractivity contribution is -0.121. The number of rotatable bonds is 11. The molecule has 0 aliphatic heterocycles. The first-order chi connectivity index (χ1) is 21.1. The Labute approximate surface area is 255 Å². The maximum absolute atomic E-state index is 14.9. The van der Waals surface area contributed by atoms with Crippen LogP contribution in [0.5, 0.6) is 5.88 Å². The lowest BCUT2D eigenvalue weighted by Crippen LogP contribution is -2.39. The second-order valence-corrected chi connectivity index (χ2v) is 11.4. The van der Waals surface area contributed by atoms with E-state index in [1.165, 1.54) is 54.5 Å². The summed E-state index contributed by atoms with van der Waals surface area (Å²) in [6.45, 7) is -0.0907. The minimum atomic E-state index is -0.808. The molecular weight excluding hydrogens is 590 g/mol. The molecule has 2 aromatic carbocycles. The van der Waals surface area contributed by atoms with Crippen molar-refractivity contribution in [3.05, 3.63) is 110 Å². The Morgan fingerprint density at radius 2 is 1.68 bits per heavy atom. The van der Waals surface area contributed by atoms with Crippen LogP contribution in [0.4, 0.5) is 8.78 Å². The Morgan fingerprint density at radius 1 is 0.977 bits per heavy atom. The molecule has 0 unspecified atom stereocenters. The summed E-state index contributed by atoms with van der Waals surface area (Å²) in [5.41, 5.74) is 0.742. The van der Waals surface area contributed by atoms with Crippen LogP contribution in [0.2, 0.25) is 0 Å². The topological polar surface area (TPSA) is 95.7 Å². The van der Waals surface area contributed by atoms with Crippen LogP contribution < -0.4 is 16.0 Å². The van der Waals surface area contributed by atoms with Crippen LogP contribution in [-0.2, 0) is 29.0 Å². The number of methoxy groups -OCH3 is 2. The van der Waals surface area contributed by atoms with Gasteiger partial charge < -0.3 is 14.4 Å². The number of ketones is 1. The van der Waals surface area contributed by atoms with Crippen molar-refractivity contribution in [2.45, 2.75) is 19.5 Å². The highest BCUT2D eigenvalue weighted by Crippen LogP contribution is 2.38. The van der Waals surface area contributed by atoms with E-state index in [1.54, 1.807) is 0 Å². The molecule has 3 heterocycles. The molecule has 0 aliphatic rings. The highest BCUT2D eigenvalue weighted by atomic mass is 32.1. The number of hydrogen-bond acceptors (Lipinski definition) is 8. The van der Waals surface area contributed by atoms with E-state index in [2.05, 4.69) is 4.98 Å². The number of carbonyl (C=O) groups excluding carboxylic acids is 1. The van der Waals surface area contributed by atoms with E-state index >= 15 is 0 Å². The summed E-state index contributed by atoms with van der Waals surface area (Å²) in [4.78, 5) is 47.4. The molecule has 0 radical (unpaired) electrons. The Bertz CT molecular complexity index is 1930. The molecule has 12 heteroatoms. The SMILES string of the molecule is COCC(=O)Cc1ccc(-c2sc3c(c2CN(C)C)c(=O)n(-c2ccc(OC)nc2)c(=O)n3Cc2c(F)cccc2F)cc1. The molecule has 0 N–H and O–H groups in total. The molecule has 0 atom stereocenters. The summed E-state index contributed by atoms with van der Waals surface area (Å²) >= 11 is 1.20. The molecule has 5 aromatic rings. The lowest BCUT2D eigenvalue weighted by Gasteiger charge is -2.15. The van der Waals surface area contributed by atoms with Crippen molar-refractivity contribution in [2.24, 2.45) is 0 Å². The zero-order valence-corrected chi connectivity index (χ0v) is 25.4. The van der Waals surface area contributed by atoms with Crippen LogP contribution in [0.25, 0.3) is 26.3 Å². The summed E-state index contributed by atoms with van der Waals surface area (Å²) in [7, 11) is 6.62. The van der Waals surface area contributed by atoms with E-state index in [0.29, 0.717) is 17.0 Å². The van der Waals surface area contributed by atoms with Crippen LogP contribution >= 0.6 is 11.3 Å². The van der Waals surface area contributed by atoms with Crippen molar-refractivity contribution >= 4 is 27.3 Å². The molecule has 3 aromatic heterocycles. The number of hydrogen-bond donors (Lipinski definition) is 0. The van der Waals surface area contributed by atoms with E-state index in [1.807, 2.05) is 43.3 Å². The number of benzene rings is 2. The van der Waals surface area contributed by atoms with E-state index < -0.39 is 29.4 Å². The minimum absolute atomic E-state index is 0.0151. The molecular formula is C32H30F2N4O5S. The Balaban J connectivity index is 1.79. The minimum Gasteiger partial charge on any atom is -0.481 e. The molecule has 0 saturated heterocycles. The predicted molar refractivity (Wildman–Crippen MR) is 165 cm³/mol. The van der Waals surface area contributed by atoms with Gasteiger partial charge in [-0.1, -0.05) is 30.3 Å². The molecule has 5 rings (SSSR count). The van der Waals surface area contributed by atoms with E-state index in [4.69, 9.17) is 9.47 Å². The monoisotopic (exact) mass is 620 g/mol. The first-order valence-corrected chi connectivity index (χ1v) is 14.4. The number of ether oxygens (including phenoxy) is 2. The second kappa shape index (κ2) is 13.0. The molecule has 228 valence electrons. The standard InChI is InChI=1S/C32H30F2N4O5S/c1-36(2)16-24-28-30(40)38(21-12-13-27(43-4)35-15-21)32(41)37(17-23-25(33)6-5-7-26(23)34)31(28)44-29(24)20-10-8-19(9-11-20)14-22(39)18-42-3/h5-13,15H,14,16-18H2,1-4H3. The van der Waals surface area contributed by atoms with Crippen LogP contribution in [0.3, 0.4) is 0 Å². The van der Waals surface area contributed by atoms with Gasteiger partial charge in [-0.25, -0.2) is 23.1 Å². The zero-order chi connectivity index (χ0) is 31.5. The van der Waals surface area contributed by atoms with Crippen molar-refractivity contribution in [1.29, 1.82) is 0 Å². The van der Waals surface area contributed by atoms with Gasteiger partial charge in [0.1, 0.15) is 23.1 Å². The highest BCUT2D eigenvalue weighted by Gasteiger charge is 2.25. The fourth-order valence-corrected chi connectivity index (χ4v) is 6.32. The predicted octanol–water partition coefficient (Wildman–Crippen LogP) is 4.43. The number of carbonyl (C=O) groups is 1. The summed E-state index contributed by atoms with van der Waals surface area (Å²) in [6.07, 6.45) is 1.55. The van der Waals surface area contributed by atoms with Crippen molar-refractivity contribution in [2.75, 3.05) is 34.9 Å². The molecule has 44 heavy (non-hydrogen) atoms. The van der Waals surface area contributed by atoms with E-state index in [0.717, 1.165) is 27.8 Å². The fraction of sp³-hybridized carbons (Fsp3) is 0.250. The fourth-order valence-electron chi connectivity index (χ4n) is 5.02. The average molecular weight is 621 g/mol. The van der Waals surface area contributed by atoms with Gasteiger partial charge in [0, 0.05) is 36.6 Å². The van der Waals surface area contributed by atoms with Gasteiger partial charge in [-0.15, -0.1) is 11.3 Å². The van der Waals surface area contributed by atoms with Crippen LogP contribution in [0.15, 0.2) is 70.4 Å². The first-order valence-electron chi connectivity index (χ1n) is 13.6. The molecule has 0 fully saturated rings. The van der Waals surface area contributed by atoms with Gasteiger partial charge in [0.15, 0.2) is 5.78 Å². The Kier molecular flexibility index (Phi) is 9.14. The van der Waals surface area contributed by atoms with Gasteiger partial charge in [-0.3, -0.25) is 14.2 Å². The maximum atomic E-state index is 14.9. The molecule has 9 nitrogen and oxygen atoms in total. The number of thiophene rings is 1. The van der Waals surface area contributed by atoms with Crippen molar-refractivity contribution < 1.29 is 23.0 Å². The molecule has 0 saturated carbocycles. The highest BCUT2D eigenvalue weighted by molar-refractivity contribution is 7.22. The maximum Gasteiger partial charge on any atom is 0.337 e. The number of Topliss-reactive ketones (excluding diaryl/α,β-unsaturated/α-hetero) is 1. The van der Waals surface area contributed by atoms with Gasteiger partial charge in [-0.2, -0.15) is 0 Å².